The van der Waals surface area contributed by atoms with Crippen molar-refractivity contribution in [3.05, 3.63) is 54.4 Å². The van der Waals surface area contributed by atoms with Crippen LogP contribution in [0.5, 0.6) is 0 Å². The van der Waals surface area contributed by atoms with Gasteiger partial charge in [-0.15, -0.1) is 0 Å². The molecule has 0 amide bonds. The quantitative estimate of drug-likeness (QED) is 0.805. The number of hydrogen-bond acceptors (Lipinski definition) is 3. The van der Waals surface area contributed by atoms with Gasteiger partial charge in [0.15, 0.2) is 0 Å². The first kappa shape index (κ1) is 14.3. The lowest BCUT2D eigenvalue weighted by Gasteiger charge is -2.00. The minimum atomic E-state index is 0.507. The van der Waals surface area contributed by atoms with Crippen LogP contribution in [-0.2, 0) is 0 Å². The summed E-state index contributed by atoms with van der Waals surface area (Å²) in [4.78, 5) is 11.9. The molecule has 0 aromatic carbocycles. The van der Waals surface area contributed by atoms with Gasteiger partial charge in [-0.05, 0) is 29.5 Å². The van der Waals surface area contributed by atoms with E-state index in [2.05, 4.69) is 48.7 Å². The Labute approximate surface area is 109 Å². The predicted molar refractivity (Wildman–Crippen MR) is 74.4 cm³/mol. The molecule has 2 aromatic heterocycles. The molecule has 0 unspecified atom stereocenters. The van der Waals surface area contributed by atoms with Crippen molar-refractivity contribution in [3.8, 4) is 0 Å². The first-order chi connectivity index (χ1) is 8.61. The van der Waals surface area contributed by atoms with Crippen LogP contribution in [0.3, 0.4) is 0 Å². The molecular formula is C15H21N3. The summed E-state index contributed by atoms with van der Waals surface area (Å²) in [5.41, 5.74) is 2.41. The summed E-state index contributed by atoms with van der Waals surface area (Å²) >= 11 is 0. The van der Waals surface area contributed by atoms with E-state index in [1.54, 1.807) is 18.7 Å². The van der Waals surface area contributed by atoms with Gasteiger partial charge in [-0.3, -0.25) is 4.98 Å². The standard InChI is InChI=1S/C8H11N.C7H10N2/c1-7(2)8-4-3-5-9-6-8;1-6(2)7-3-4-8-5-9-7/h3-7H,1-2H3;3-6H,1-2H3. The molecule has 0 fully saturated rings. The molecule has 2 rings (SSSR count). The summed E-state index contributed by atoms with van der Waals surface area (Å²) in [6.07, 6.45) is 7.05. The van der Waals surface area contributed by atoms with E-state index in [1.165, 1.54) is 5.56 Å². The van der Waals surface area contributed by atoms with E-state index in [-0.39, 0.29) is 0 Å². The van der Waals surface area contributed by atoms with Crippen molar-refractivity contribution in [3.63, 3.8) is 0 Å². The average Bonchev–Trinajstić information content (AvgIpc) is 2.41. The number of nitrogens with zero attached hydrogens (tertiary/aromatic N) is 3. The number of rotatable bonds is 2. The molecule has 18 heavy (non-hydrogen) atoms. The van der Waals surface area contributed by atoms with Gasteiger partial charge in [-0.2, -0.15) is 0 Å². The van der Waals surface area contributed by atoms with E-state index in [0.717, 1.165) is 5.69 Å². The van der Waals surface area contributed by atoms with E-state index >= 15 is 0 Å². The summed E-state index contributed by atoms with van der Waals surface area (Å²) in [5.74, 6) is 1.10. The van der Waals surface area contributed by atoms with Gasteiger partial charge in [-0.1, -0.05) is 33.8 Å². The highest BCUT2D eigenvalue weighted by Crippen LogP contribution is 2.10. The zero-order valence-electron chi connectivity index (χ0n) is 11.5. The zero-order chi connectivity index (χ0) is 13.4. The van der Waals surface area contributed by atoms with Crippen LogP contribution in [0.15, 0.2) is 43.1 Å². The SMILES string of the molecule is CC(C)c1cccnc1.CC(C)c1ccncn1. The van der Waals surface area contributed by atoms with Crippen LogP contribution in [0.1, 0.15) is 50.8 Å². The molecule has 0 aliphatic carbocycles. The van der Waals surface area contributed by atoms with Crippen molar-refractivity contribution < 1.29 is 0 Å². The molecule has 0 spiro atoms. The lowest BCUT2D eigenvalue weighted by Crippen LogP contribution is -1.90. The lowest BCUT2D eigenvalue weighted by atomic mass is 10.1. The van der Waals surface area contributed by atoms with Crippen molar-refractivity contribution in [1.82, 2.24) is 15.0 Å². The van der Waals surface area contributed by atoms with Crippen molar-refractivity contribution in [1.29, 1.82) is 0 Å². The molecule has 3 heteroatoms. The lowest BCUT2D eigenvalue weighted by molar-refractivity contribution is 0.814. The van der Waals surface area contributed by atoms with E-state index in [9.17, 15) is 0 Å². The van der Waals surface area contributed by atoms with Crippen molar-refractivity contribution in [2.24, 2.45) is 0 Å². The minimum Gasteiger partial charge on any atom is -0.264 e. The zero-order valence-corrected chi connectivity index (χ0v) is 11.5. The van der Waals surface area contributed by atoms with Gasteiger partial charge in [-0.25, -0.2) is 9.97 Å². The molecule has 0 saturated carbocycles. The molecule has 0 N–H and O–H groups in total. The Hall–Kier alpha value is -1.77. The normalized spacial score (nSPS) is 10.1. The van der Waals surface area contributed by atoms with Gasteiger partial charge >= 0.3 is 0 Å². The maximum Gasteiger partial charge on any atom is 0.115 e. The summed E-state index contributed by atoms with van der Waals surface area (Å²) in [7, 11) is 0. The van der Waals surface area contributed by atoms with Gasteiger partial charge in [0.2, 0.25) is 0 Å². The Morgan fingerprint density at radius 2 is 1.67 bits per heavy atom. The van der Waals surface area contributed by atoms with E-state index in [4.69, 9.17) is 0 Å². The van der Waals surface area contributed by atoms with Gasteiger partial charge in [0.25, 0.3) is 0 Å². The summed E-state index contributed by atoms with van der Waals surface area (Å²) in [5, 5.41) is 0. The maximum atomic E-state index is 4.07. The first-order valence-corrected chi connectivity index (χ1v) is 6.27. The highest BCUT2D eigenvalue weighted by molar-refractivity contribution is 5.12. The highest BCUT2D eigenvalue weighted by Gasteiger charge is 1.96. The van der Waals surface area contributed by atoms with Crippen molar-refractivity contribution in [2.45, 2.75) is 39.5 Å². The van der Waals surface area contributed by atoms with Gasteiger partial charge in [0.05, 0.1) is 0 Å². The second-order valence-corrected chi connectivity index (χ2v) is 4.73. The Balaban J connectivity index is 0.000000180. The molecule has 0 aliphatic heterocycles. The minimum absolute atomic E-state index is 0.507. The van der Waals surface area contributed by atoms with Crippen LogP contribution in [-0.4, -0.2) is 15.0 Å². The third-order valence-corrected chi connectivity index (χ3v) is 2.55. The van der Waals surface area contributed by atoms with Gasteiger partial charge in [0.1, 0.15) is 6.33 Å². The number of hydrogen-bond donors (Lipinski definition) is 0. The molecule has 3 nitrogen and oxygen atoms in total. The van der Waals surface area contributed by atoms with Crippen LogP contribution in [0.2, 0.25) is 0 Å². The van der Waals surface area contributed by atoms with Crippen LogP contribution < -0.4 is 0 Å². The monoisotopic (exact) mass is 243 g/mol. The molecule has 0 atom stereocenters. The Morgan fingerprint density at radius 3 is 2.00 bits per heavy atom. The van der Waals surface area contributed by atoms with E-state index < -0.39 is 0 Å². The second kappa shape index (κ2) is 7.54. The van der Waals surface area contributed by atoms with Crippen molar-refractivity contribution in [2.75, 3.05) is 0 Å². The fraction of sp³-hybridized carbons (Fsp3) is 0.400. The topological polar surface area (TPSA) is 38.7 Å². The summed E-state index contributed by atoms with van der Waals surface area (Å²) in [6, 6.07) is 6.00. The number of pyridine rings is 1. The molecule has 96 valence electrons. The second-order valence-electron chi connectivity index (χ2n) is 4.73. The Kier molecular flexibility index (Phi) is 5.98. The third kappa shape index (κ3) is 5.04. The Bertz CT molecular complexity index is 381. The van der Waals surface area contributed by atoms with Gasteiger partial charge < -0.3 is 0 Å². The predicted octanol–water partition coefficient (Wildman–Crippen LogP) is 3.81. The molecule has 2 heterocycles. The van der Waals surface area contributed by atoms with Gasteiger partial charge in [0, 0.05) is 24.3 Å². The van der Waals surface area contributed by atoms with E-state index in [1.807, 2.05) is 18.3 Å². The molecule has 0 aliphatic rings. The highest BCUT2D eigenvalue weighted by atomic mass is 14.8. The maximum absolute atomic E-state index is 4.07. The van der Waals surface area contributed by atoms with E-state index in [0.29, 0.717) is 11.8 Å². The molecule has 0 bridgehead atoms. The number of aromatic nitrogens is 3. The van der Waals surface area contributed by atoms with Crippen LogP contribution >= 0.6 is 0 Å². The molecule has 2 aromatic rings. The molecule has 0 radical (unpaired) electrons. The fourth-order valence-corrected chi connectivity index (χ4v) is 1.36. The third-order valence-electron chi connectivity index (χ3n) is 2.55. The van der Waals surface area contributed by atoms with Crippen molar-refractivity contribution >= 4 is 0 Å². The van der Waals surface area contributed by atoms with Crippen LogP contribution in [0.4, 0.5) is 0 Å². The summed E-state index contributed by atoms with van der Waals surface area (Å²) in [6.45, 7) is 8.55. The van der Waals surface area contributed by atoms with Crippen LogP contribution in [0.25, 0.3) is 0 Å². The average molecular weight is 243 g/mol. The molecule has 0 saturated heterocycles. The molecular weight excluding hydrogens is 222 g/mol. The summed E-state index contributed by atoms with van der Waals surface area (Å²) < 4.78 is 0. The fourth-order valence-electron chi connectivity index (χ4n) is 1.36. The van der Waals surface area contributed by atoms with Crippen LogP contribution in [0, 0.1) is 0 Å². The smallest absolute Gasteiger partial charge is 0.115 e. The first-order valence-electron chi connectivity index (χ1n) is 6.27. The largest absolute Gasteiger partial charge is 0.264 e. The Morgan fingerprint density at radius 1 is 0.889 bits per heavy atom.